The van der Waals surface area contributed by atoms with Gasteiger partial charge in [-0.25, -0.2) is 0 Å². The molecule has 0 aliphatic rings. The van der Waals surface area contributed by atoms with Crippen LogP contribution in [0, 0.1) is 0 Å². The lowest BCUT2D eigenvalue weighted by molar-refractivity contribution is 0.0946. The highest BCUT2D eigenvalue weighted by molar-refractivity contribution is 6.30. The molecule has 0 spiro atoms. The largest absolute Gasteiger partial charge is 0.488 e. The van der Waals surface area contributed by atoms with E-state index in [2.05, 4.69) is 5.32 Å². The minimum atomic E-state index is -0.168. The predicted molar refractivity (Wildman–Crippen MR) is 99.8 cm³/mol. The van der Waals surface area contributed by atoms with Gasteiger partial charge < -0.3 is 10.1 Å². The zero-order chi connectivity index (χ0) is 17.5. The molecule has 0 unspecified atom stereocenters. The summed E-state index contributed by atoms with van der Waals surface area (Å²) in [5, 5.41) is 3.59. The Labute approximate surface area is 152 Å². The number of nitrogens with one attached hydrogen (secondary N) is 1. The van der Waals surface area contributed by atoms with E-state index >= 15 is 0 Å². The lowest BCUT2D eigenvalue weighted by atomic mass is 10.1. The maximum absolute atomic E-state index is 12.5. The van der Waals surface area contributed by atoms with Crippen LogP contribution in [-0.4, -0.2) is 5.91 Å². The highest BCUT2D eigenvalue weighted by atomic mass is 35.5. The summed E-state index contributed by atoms with van der Waals surface area (Å²) in [6.45, 7) is 0.853. The molecule has 126 valence electrons. The summed E-state index contributed by atoms with van der Waals surface area (Å²) in [4.78, 5) is 12.5. The molecule has 0 heterocycles. The van der Waals surface area contributed by atoms with Gasteiger partial charge in [0.2, 0.25) is 0 Å². The van der Waals surface area contributed by atoms with Crippen molar-refractivity contribution in [2.24, 2.45) is 0 Å². The second kappa shape index (κ2) is 8.36. The summed E-state index contributed by atoms with van der Waals surface area (Å²) >= 11 is 5.87. The van der Waals surface area contributed by atoms with Crippen molar-refractivity contribution in [3.05, 3.63) is 101 Å². The second-order valence-electron chi connectivity index (χ2n) is 5.58. The third-order valence-electron chi connectivity index (χ3n) is 3.74. The molecular weight excluding hydrogens is 334 g/mol. The van der Waals surface area contributed by atoms with Gasteiger partial charge in [0, 0.05) is 11.6 Å². The van der Waals surface area contributed by atoms with E-state index in [0.717, 1.165) is 11.1 Å². The molecule has 0 aromatic heterocycles. The fraction of sp³-hybridized carbons (Fsp3) is 0.0952. The van der Waals surface area contributed by atoms with Gasteiger partial charge in [-0.2, -0.15) is 0 Å². The van der Waals surface area contributed by atoms with Crippen molar-refractivity contribution < 1.29 is 9.53 Å². The number of rotatable bonds is 6. The van der Waals surface area contributed by atoms with Gasteiger partial charge in [-0.05, 0) is 35.4 Å². The second-order valence-corrected chi connectivity index (χ2v) is 6.02. The van der Waals surface area contributed by atoms with Gasteiger partial charge in [0.1, 0.15) is 12.4 Å². The molecule has 1 amide bonds. The van der Waals surface area contributed by atoms with Crippen molar-refractivity contribution in [1.82, 2.24) is 5.32 Å². The van der Waals surface area contributed by atoms with Crippen LogP contribution >= 0.6 is 11.6 Å². The van der Waals surface area contributed by atoms with E-state index in [0.29, 0.717) is 29.5 Å². The van der Waals surface area contributed by atoms with E-state index in [-0.39, 0.29) is 5.91 Å². The number of carbonyl (C=O) groups is 1. The zero-order valence-electron chi connectivity index (χ0n) is 13.6. The number of hydrogen-bond donors (Lipinski definition) is 1. The Morgan fingerprint density at radius 1 is 0.840 bits per heavy atom. The summed E-state index contributed by atoms with van der Waals surface area (Å²) in [5.41, 5.74) is 2.56. The molecule has 3 nitrogen and oxygen atoms in total. The van der Waals surface area contributed by atoms with E-state index in [1.165, 1.54) is 0 Å². The summed E-state index contributed by atoms with van der Waals surface area (Å²) in [6, 6.07) is 24.5. The summed E-state index contributed by atoms with van der Waals surface area (Å²) in [7, 11) is 0. The van der Waals surface area contributed by atoms with Crippen LogP contribution in [0.4, 0.5) is 0 Å². The van der Waals surface area contributed by atoms with Crippen molar-refractivity contribution in [2.75, 3.05) is 0 Å². The molecule has 0 aliphatic carbocycles. The average molecular weight is 352 g/mol. The smallest absolute Gasteiger partial charge is 0.255 e. The maximum Gasteiger partial charge on any atom is 0.255 e. The van der Waals surface area contributed by atoms with E-state index in [1.54, 1.807) is 24.3 Å². The quantitative estimate of drug-likeness (QED) is 0.689. The third kappa shape index (κ3) is 4.85. The molecule has 0 radical (unpaired) electrons. The van der Waals surface area contributed by atoms with Crippen molar-refractivity contribution in [3.63, 3.8) is 0 Å². The highest BCUT2D eigenvalue weighted by Gasteiger charge is 2.12. The number of hydrogen-bond acceptors (Lipinski definition) is 2. The number of para-hydroxylation sites is 1. The van der Waals surface area contributed by atoms with Gasteiger partial charge in [0.15, 0.2) is 0 Å². The summed E-state index contributed by atoms with van der Waals surface area (Å²) in [5.74, 6) is 0.401. The van der Waals surface area contributed by atoms with Gasteiger partial charge in [0.05, 0.1) is 5.56 Å². The molecular formula is C21H18ClNO2. The first-order chi connectivity index (χ1) is 12.2. The summed E-state index contributed by atoms with van der Waals surface area (Å²) in [6.07, 6.45) is 0. The van der Waals surface area contributed by atoms with Crippen molar-refractivity contribution in [1.29, 1.82) is 0 Å². The molecule has 1 N–H and O–H groups in total. The first-order valence-corrected chi connectivity index (χ1v) is 8.38. The van der Waals surface area contributed by atoms with Crippen LogP contribution in [0.2, 0.25) is 5.02 Å². The van der Waals surface area contributed by atoms with Gasteiger partial charge in [-0.1, -0.05) is 66.2 Å². The van der Waals surface area contributed by atoms with Crippen molar-refractivity contribution in [2.45, 2.75) is 13.2 Å². The Morgan fingerprint density at radius 3 is 2.28 bits per heavy atom. The molecule has 0 saturated heterocycles. The number of ether oxygens (including phenoxy) is 1. The summed E-state index contributed by atoms with van der Waals surface area (Å²) < 4.78 is 5.83. The Kier molecular flexibility index (Phi) is 5.70. The topological polar surface area (TPSA) is 38.3 Å². The van der Waals surface area contributed by atoms with Gasteiger partial charge >= 0.3 is 0 Å². The zero-order valence-corrected chi connectivity index (χ0v) is 14.4. The van der Waals surface area contributed by atoms with E-state index < -0.39 is 0 Å². The molecule has 4 heteroatoms. The van der Waals surface area contributed by atoms with Gasteiger partial charge in [-0.15, -0.1) is 0 Å². The Balaban J connectivity index is 1.64. The van der Waals surface area contributed by atoms with Crippen LogP contribution in [0.3, 0.4) is 0 Å². The van der Waals surface area contributed by atoms with E-state index in [1.807, 2.05) is 54.6 Å². The molecule has 0 fully saturated rings. The predicted octanol–water partition coefficient (Wildman–Crippen LogP) is 4.85. The van der Waals surface area contributed by atoms with Crippen LogP contribution in [-0.2, 0) is 13.2 Å². The van der Waals surface area contributed by atoms with Crippen LogP contribution < -0.4 is 10.1 Å². The van der Waals surface area contributed by atoms with Gasteiger partial charge in [0.25, 0.3) is 5.91 Å². The molecule has 0 saturated carbocycles. The van der Waals surface area contributed by atoms with E-state index in [4.69, 9.17) is 16.3 Å². The number of carbonyl (C=O) groups excluding carboxylic acids is 1. The average Bonchev–Trinajstić information content (AvgIpc) is 2.67. The minimum absolute atomic E-state index is 0.168. The molecule has 0 aliphatic heterocycles. The number of benzene rings is 3. The van der Waals surface area contributed by atoms with Crippen molar-refractivity contribution >= 4 is 17.5 Å². The monoisotopic (exact) mass is 351 g/mol. The SMILES string of the molecule is O=C(NCc1ccc(Cl)cc1)c1ccccc1OCc1ccccc1. The molecule has 3 aromatic rings. The normalized spacial score (nSPS) is 10.3. The van der Waals surface area contributed by atoms with Crippen LogP contribution in [0.25, 0.3) is 0 Å². The lowest BCUT2D eigenvalue weighted by Crippen LogP contribution is -2.23. The Morgan fingerprint density at radius 2 is 1.52 bits per heavy atom. The number of amides is 1. The fourth-order valence-electron chi connectivity index (χ4n) is 2.40. The Hall–Kier alpha value is -2.78. The molecule has 3 rings (SSSR count). The molecule has 0 bridgehead atoms. The molecule has 0 atom stereocenters. The highest BCUT2D eigenvalue weighted by Crippen LogP contribution is 2.19. The molecule has 25 heavy (non-hydrogen) atoms. The standard InChI is InChI=1S/C21H18ClNO2/c22-18-12-10-16(11-13-18)14-23-21(24)19-8-4-5-9-20(19)25-15-17-6-2-1-3-7-17/h1-13H,14-15H2,(H,23,24). The van der Waals surface area contributed by atoms with Crippen molar-refractivity contribution in [3.8, 4) is 5.75 Å². The third-order valence-corrected chi connectivity index (χ3v) is 3.99. The first-order valence-electron chi connectivity index (χ1n) is 8.01. The number of halogens is 1. The van der Waals surface area contributed by atoms with Crippen LogP contribution in [0.15, 0.2) is 78.9 Å². The molecule has 3 aromatic carbocycles. The van der Waals surface area contributed by atoms with Crippen LogP contribution in [0.5, 0.6) is 5.75 Å². The van der Waals surface area contributed by atoms with E-state index in [9.17, 15) is 4.79 Å². The minimum Gasteiger partial charge on any atom is -0.488 e. The lowest BCUT2D eigenvalue weighted by Gasteiger charge is -2.12. The first kappa shape index (κ1) is 17.1. The Bertz CT molecular complexity index is 832. The fourth-order valence-corrected chi connectivity index (χ4v) is 2.52. The maximum atomic E-state index is 12.5. The van der Waals surface area contributed by atoms with Crippen LogP contribution in [0.1, 0.15) is 21.5 Å². The van der Waals surface area contributed by atoms with Gasteiger partial charge in [-0.3, -0.25) is 4.79 Å².